The summed E-state index contributed by atoms with van der Waals surface area (Å²) in [5, 5.41) is 0. The van der Waals surface area contributed by atoms with Gasteiger partial charge in [0.2, 0.25) is 0 Å². The molecule has 1 aliphatic heterocycles. The number of cyclic esters (lactones) is 1. The fourth-order valence-corrected chi connectivity index (χ4v) is 1.35. The predicted octanol–water partition coefficient (Wildman–Crippen LogP) is 1.10. The van der Waals surface area contributed by atoms with Crippen LogP contribution in [0.5, 0.6) is 5.75 Å². The molecule has 5 heteroatoms. The third-order valence-electron chi connectivity index (χ3n) is 2.11. The second kappa shape index (κ2) is 3.76. The van der Waals surface area contributed by atoms with Crippen molar-refractivity contribution in [2.75, 3.05) is 12.3 Å². The Kier molecular flexibility index (Phi) is 2.45. The van der Waals surface area contributed by atoms with E-state index in [-0.39, 0.29) is 5.75 Å². The first-order valence-electron chi connectivity index (χ1n) is 4.55. The molecule has 1 aliphatic rings. The molecule has 1 aromatic carbocycles. The van der Waals surface area contributed by atoms with Gasteiger partial charge in [-0.2, -0.15) is 0 Å². The Hall–Kier alpha value is -1.78. The lowest BCUT2D eigenvalue weighted by atomic mass is 10.2. The number of anilines is 1. The molecule has 1 fully saturated rings. The minimum absolute atomic E-state index is 0.0213. The summed E-state index contributed by atoms with van der Waals surface area (Å²) in [5.41, 5.74) is 5.69. The smallest absolute Gasteiger partial charge is 0.347 e. The Morgan fingerprint density at radius 3 is 2.93 bits per heavy atom. The van der Waals surface area contributed by atoms with Crippen molar-refractivity contribution in [2.24, 2.45) is 0 Å². The highest BCUT2D eigenvalue weighted by atomic mass is 19.1. The van der Waals surface area contributed by atoms with Gasteiger partial charge in [-0.05, 0) is 12.1 Å². The highest BCUT2D eigenvalue weighted by Crippen LogP contribution is 2.23. The summed E-state index contributed by atoms with van der Waals surface area (Å²) in [6.07, 6.45) is -0.258. The van der Waals surface area contributed by atoms with Crippen LogP contribution in [0.15, 0.2) is 18.2 Å². The monoisotopic (exact) mass is 211 g/mol. The minimum Gasteiger partial charge on any atom is -0.476 e. The van der Waals surface area contributed by atoms with Crippen LogP contribution in [0, 0.1) is 5.82 Å². The van der Waals surface area contributed by atoms with E-state index in [0.717, 1.165) is 6.07 Å². The molecule has 0 aromatic heterocycles. The van der Waals surface area contributed by atoms with Crippen molar-refractivity contribution in [3.63, 3.8) is 0 Å². The van der Waals surface area contributed by atoms with Gasteiger partial charge >= 0.3 is 5.97 Å². The topological polar surface area (TPSA) is 61.6 Å². The van der Waals surface area contributed by atoms with E-state index in [1.165, 1.54) is 12.1 Å². The molecule has 15 heavy (non-hydrogen) atoms. The summed E-state index contributed by atoms with van der Waals surface area (Å²) in [6.45, 7) is 0.320. The van der Waals surface area contributed by atoms with Crippen molar-refractivity contribution in [1.29, 1.82) is 0 Å². The Morgan fingerprint density at radius 2 is 2.33 bits per heavy atom. The number of carbonyl (C=O) groups is 1. The number of benzene rings is 1. The third-order valence-corrected chi connectivity index (χ3v) is 2.11. The molecule has 0 saturated carbocycles. The van der Waals surface area contributed by atoms with Crippen molar-refractivity contribution in [2.45, 2.75) is 12.5 Å². The standard InChI is InChI=1S/C10H10FNO3/c11-7-5-6(12)1-2-8(7)15-9-3-4-14-10(9)13/h1-2,5,9H,3-4,12H2. The summed E-state index contributed by atoms with van der Waals surface area (Å²) in [7, 11) is 0. The second-order valence-electron chi connectivity index (χ2n) is 3.25. The van der Waals surface area contributed by atoms with Crippen LogP contribution in [0.4, 0.5) is 10.1 Å². The average Bonchev–Trinajstić information content (AvgIpc) is 2.57. The quantitative estimate of drug-likeness (QED) is 0.587. The molecule has 2 rings (SSSR count). The zero-order valence-corrected chi connectivity index (χ0v) is 7.90. The van der Waals surface area contributed by atoms with Crippen LogP contribution in [0.3, 0.4) is 0 Å². The number of hydrogen-bond donors (Lipinski definition) is 1. The summed E-state index contributed by atoms with van der Waals surface area (Å²) in [4.78, 5) is 11.1. The molecule has 1 saturated heterocycles. The van der Waals surface area contributed by atoms with Gasteiger partial charge in [0.05, 0.1) is 6.61 Å². The molecule has 1 heterocycles. The Morgan fingerprint density at radius 1 is 1.53 bits per heavy atom. The maximum Gasteiger partial charge on any atom is 0.347 e. The fraction of sp³-hybridized carbons (Fsp3) is 0.300. The molecule has 1 unspecified atom stereocenters. The molecule has 0 bridgehead atoms. The average molecular weight is 211 g/mol. The first kappa shape index (κ1) is 9.76. The zero-order chi connectivity index (χ0) is 10.8. The van der Waals surface area contributed by atoms with Crippen molar-refractivity contribution < 1.29 is 18.7 Å². The number of halogens is 1. The van der Waals surface area contributed by atoms with Crippen LogP contribution >= 0.6 is 0 Å². The predicted molar refractivity (Wildman–Crippen MR) is 50.8 cm³/mol. The number of nitrogens with two attached hydrogens (primary N) is 1. The first-order valence-corrected chi connectivity index (χ1v) is 4.55. The molecule has 2 N–H and O–H groups in total. The second-order valence-corrected chi connectivity index (χ2v) is 3.25. The fourth-order valence-electron chi connectivity index (χ4n) is 1.35. The molecule has 0 amide bonds. The summed E-state index contributed by atoms with van der Waals surface area (Å²) >= 11 is 0. The third kappa shape index (κ3) is 2.01. The van der Waals surface area contributed by atoms with Crippen molar-refractivity contribution in [3.8, 4) is 5.75 Å². The number of carbonyl (C=O) groups excluding carboxylic acids is 1. The molecule has 80 valence electrons. The number of esters is 1. The molecule has 1 aromatic rings. The lowest BCUT2D eigenvalue weighted by Crippen LogP contribution is -2.22. The Balaban J connectivity index is 2.13. The van der Waals surface area contributed by atoms with E-state index in [1.54, 1.807) is 0 Å². The molecular formula is C10H10FNO3. The zero-order valence-electron chi connectivity index (χ0n) is 7.90. The van der Waals surface area contributed by atoms with Crippen molar-refractivity contribution in [3.05, 3.63) is 24.0 Å². The van der Waals surface area contributed by atoms with E-state index in [0.29, 0.717) is 18.7 Å². The van der Waals surface area contributed by atoms with E-state index in [9.17, 15) is 9.18 Å². The van der Waals surface area contributed by atoms with Crippen LogP contribution in [0.1, 0.15) is 6.42 Å². The number of hydrogen-bond acceptors (Lipinski definition) is 4. The maximum absolute atomic E-state index is 13.3. The van der Waals surface area contributed by atoms with E-state index in [2.05, 4.69) is 0 Å². The van der Waals surface area contributed by atoms with Gasteiger partial charge in [-0.1, -0.05) is 0 Å². The van der Waals surface area contributed by atoms with Crippen molar-refractivity contribution >= 4 is 11.7 Å². The van der Waals surface area contributed by atoms with Gasteiger partial charge in [-0.3, -0.25) is 0 Å². The lowest BCUT2D eigenvalue weighted by Gasteiger charge is -2.10. The Bertz CT molecular complexity index is 394. The molecule has 0 aliphatic carbocycles. The van der Waals surface area contributed by atoms with E-state index in [1.807, 2.05) is 0 Å². The number of rotatable bonds is 2. The van der Waals surface area contributed by atoms with Gasteiger partial charge in [0.1, 0.15) is 0 Å². The van der Waals surface area contributed by atoms with Gasteiger partial charge in [-0.15, -0.1) is 0 Å². The minimum atomic E-state index is -0.705. The van der Waals surface area contributed by atoms with Gasteiger partial charge in [0.25, 0.3) is 0 Å². The normalized spacial score (nSPS) is 20.1. The molecular weight excluding hydrogens is 201 g/mol. The van der Waals surface area contributed by atoms with Gasteiger partial charge < -0.3 is 15.2 Å². The number of nitrogen functional groups attached to an aromatic ring is 1. The van der Waals surface area contributed by atoms with Crippen LogP contribution in [0.25, 0.3) is 0 Å². The SMILES string of the molecule is Nc1ccc(OC2CCOC2=O)c(F)c1. The highest BCUT2D eigenvalue weighted by molar-refractivity contribution is 5.76. The first-order chi connectivity index (χ1) is 7.16. The van der Waals surface area contributed by atoms with Gasteiger partial charge in [0, 0.05) is 18.2 Å². The van der Waals surface area contributed by atoms with Crippen LogP contribution in [0.2, 0.25) is 0 Å². The molecule has 4 nitrogen and oxygen atoms in total. The highest BCUT2D eigenvalue weighted by Gasteiger charge is 2.29. The van der Waals surface area contributed by atoms with Gasteiger partial charge in [0.15, 0.2) is 17.7 Å². The largest absolute Gasteiger partial charge is 0.476 e. The van der Waals surface area contributed by atoms with E-state index < -0.39 is 17.9 Å². The summed E-state index contributed by atoms with van der Waals surface area (Å²) < 4.78 is 23.1. The number of ether oxygens (including phenoxy) is 2. The summed E-state index contributed by atoms with van der Waals surface area (Å²) in [5.74, 6) is -1.01. The van der Waals surface area contributed by atoms with Crippen molar-refractivity contribution in [1.82, 2.24) is 0 Å². The van der Waals surface area contributed by atoms with E-state index >= 15 is 0 Å². The van der Waals surface area contributed by atoms with E-state index in [4.69, 9.17) is 15.2 Å². The van der Waals surface area contributed by atoms with Crippen LogP contribution in [-0.4, -0.2) is 18.7 Å². The maximum atomic E-state index is 13.3. The lowest BCUT2D eigenvalue weighted by molar-refractivity contribution is -0.143. The molecule has 0 spiro atoms. The summed E-state index contributed by atoms with van der Waals surface area (Å²) in [6, 6.07) is 4.06. The Labute approximate surface area is 85.8 Å². The molecule has 1 atom stereocenters. The van der Waals surface area contributed by atoms with Gasteiger partial charge in [-0.25, -0.2) is 9.18 Å². The molecule has 0 radical (unpaired) electrons. The van der Waals surface area contributed by atoms with Crippen LogP contribution < -0.4 is 10.5 Å². The van der Waals surface area contributed by atoms with Crippen LogP contribution in [-0.2, 0) is 9.53 Å².